The minimum absolute atomic E-state index is 0.640. The SMILES string of the molecule is CCc1nc2ccccc2n1C1CC2CCC(C1)N2. The zero-order chi connectivity index (χ0) is 12.8. The van der Waals surface area contributed by atoms with Gasteiger partial charge in [-0.2, -0.15) is 0 Å². The van der Waals surface area contributed by atoms with Crippen molar-refractivity contribution in [3.8, 4) is 0 Å². The van der Waals surface area contributed by atoms with E-state index in [9.17, 15) is 0 Å². The van der Waals surface area contributed by atoms with Crippen LogP contribution in [0.25, 0.3) is 11.0 Å². The van der Waals surface area contributed by atoms with Gasteiger partial charge in [0.1, 0.15) is 5.82 Å². The number of fused-ring (bicyclic) bond motifs is 3. The van der Waals surface area contributed by atoms with Gasteiger partial charge in [-0.25, -0.2) is 4.98 Å². The minimum Gasteiger partial charge on any atom is -0.325 e. The third-order valence-electron chi connectivity index (χ3n) is 4.80. The number of hydrogen-bond acceptors (Lipinski definition) is 2. The summed E-state index contributed by atoms with van der Waals surface area (Å²) in [6.07, 6.45) is 6.27. The Bertz CT molecular complexity index is 589. The quantitative estimate of drug-likeness (QED) is 0.894. The highest BCUT2D eigenvalue weighted by atomic mass is 15.1. The Morgan fingerprint density at radius 3 is 2.68 bits per heavy atom. The summed E-state index contributed by atoms with van der Waals surface area (Å²) in [5.74, 6) is 1.26. The van der Waals surface area contributed by atoms with Crippen molar-refractivity contribution in [1.29, 1.82) is 0 Å². The summed E-state index contributed by atoms with van der Waals surface area (Å²) in [5.41, 5.74) is 2.48. The van der Waals surface area contributed by atoms with Crippen molar-refractivity contribution in [3.63, 3.8) is 0 Å². The van der Waals surface area contributed by atoms with Gasteiger partial charge in [-0.15, -0.1) is 0 Å². The number of nitrogens with one attached hydrogen (secondary N) is 1. The van der Waals surface area contributed by atoms with Crippen LogP contribution in [-0.2, 0) is 6.42 Å². The normalized spacial score (nSPS) is 30.1. The molecule has 2 unspecified atom stereocenters. The lowest BCUT2D eigenvalue weighted by Gasteiger charge is -2.31. The van der Waals surface area contributed by atoms with Crippen molar-refractivity contribution in [2.75, 3.05) is 0 Å². The standard InChI is InChI=1S/C16H21N3/c1-2-16-18-14-5-3-4-6-15(14)19(16)13-9-11-7-8-12(10-13)17-11/h3-6,11-13,17H,2,7-10H2,1H3. The van der Waals surface area contributed by atoms with Gasteiger partial charge in [0.05, 0.1) is 11.0 Å². The first-order chi connectivity index (χ1) is 9.35. The van der Waals surface area contributed by atoms with Crippen molar-refractivity contribution in [2.24, 2.45) is 0 Å². The Morgan fingerprint density at radius 1 is 1.21 bits per heavy atom. The van der Waals surface area contributed by atoms with Gasteiger partial charge < -0.3 is 9.88 Å². The van der Waals surface area contributed by atoms with Crippen LogP contribution in [0, 0.1) is 0 Å². The molecular weight excluding hydrogens is 234 g/mol. The van der Waals surface area contributed by atoms with Gasteiger partial charge in [0.15, 0.2) is 0 Å². The topological polar surface area (TPSA) is 29.9 Å². The van der Waals surface area contributed by atoms with E-state index in [1.807, 2.05) is 0 Å². The second kappa shape index (κ2) is 4.34. The highest BCUT2D eigenvalue weighted by Crippen LogP contribution is 2.36. The number of rotatable bonds is 2. The fourth-order valence-corrected chi connectivity index (χ4v) is 3.99. The molecule has 1 N–H and O–H groups in total. The molecule has 0 saturated carbocycles. The molecule has 0 amide bonds. The molecule has 2 atom stereocenters. The maximum atomic E-state index is 4.82. The lowest BCUT2D eigenvalue weighted by atomic mass is 9.99. The number of piperidine rings is 1. The van der Waals surface area contributed by atoms with Crippen LogP contribution >= 0.6 is 0 Å². The summed E-state index contributed by atoms with van der Waals surface area (Å²) in [7, 11) is 0. The number of aryl methyl sites for hydroxylation is 1. The zero-order valence-corrected chi connectivity index (χ0v) is 11.5. The van der Waals surface area contributed by atoms with Crippen molar-refractivity contribution in [2.45, 2.75) is 57.2 Å². The Morgan fingerprint density at radius 2 is 1.95 bits per heavy atom. The Labute approximate surface area is 114 Å². The van der Waals surface area contributed by atoms with Crippen LogP contribution in [0.5, 0.6) is 0 Å². The Hall–Kier alpha value is -1.35. The molecule has 0 spiro atoms. The predicted octanol–water partition coefficient (Wildman–Crippen LogP) is 3.05. The van der Waals surface area contributed by atoms with Crippen LogP contribution in [0.3, 0.4) is 0 Å². The highest BCUT2D eigenvalue weighted by Gasteiger charge is 2.35. The van der Waals surface area contributed by atoms with Crippen LogP contribution in [0.4, 0.5) is 0 Å². The number of nitrogens with zero attached hydrogens (tertiary/aromatic N) is 2. The molecule has 100 valence electrons. The van der Waals surface area contributed by atoms with Crippen LogP contribution < -0.4 is 5.32 Å². The maximum absolute atomic E-state index is 4.82. The zero-order valence-electron chi connectivity index (χ0n) is 11.5. The van der Waals surface area contributed by atoms with Crippen molar-refractivity contribution in [3.05, 3.63) is 30.1 Å². The largest absolute Gasteiger partial charge is 0.325 e. The number of hydrogen-bond donors (Lipinski definition) is 1. The van der Waals surface area contributed by atoms with Gasteiger partial charge in [0.25, 0.3) is 0 Å². The Kier molecular flexibility index (Phi) is 2.62. The highest BCUT2D eigenvalue weighted by molar-refractivity contribution is 5.76. The Balaban J connectivity index is 1.81. The molecule has 3 nitrogen and oxygen atoms in total. The average molecular weight is 255 g/mol. The molecule has 4 rings (SSSR count). The number of aromatic nitrogens is 2. The molecule has 0 radical (unpaired) electrons. The number of benzene rings is 1. The third kappa shape index (κ3) is 1.79. The minimum atomic E-state index is 0.640. The van der Waals surface area contributed by atoms with Crippen LogP contribution in [-0.4, -0.2) is 21.6 Å². The van der Waals surface area contributed by atoms with E-state index in [0.717, 1.165) is 24.0 Å². The molecule has 0 aliphatic carbocycles. The molecule has 2 fully saturated rings. The molecule has 3 heterocycles. The van der Waals surface area contributed by atoms with Crippen molar-refractivity contribution >= 4 is 11.0 Å². The lowest BCUT2D eigenvalue weighted by Crippen LogP contribution is -2.39. The van der Waals surface area contributed by atoms with Crippen LogP contribution in [0.15, 0.2) is 24.3 Å². The van der Waals surface area contributed by atoms with Crippen LogP contribution in [0.1, 0.15) is 44.5 Å². The van der Waals surface area contributed by atoms with E-state index in [2.05, 4.69) is 41.1 Å². The predicted molar refractivity (Wildman–Crippen MR) is 77.3 cm³/mol. The van der Waals surface area contributed by atoms with Gasteiger partial charge >= 0.3 is 0 Å². The van der Waals surface area contributed by atoms with E-state index in [0.29, 0.717) is 6.04 Å². The summed E-state index contributed by atoms with van der Waals surface area (Å²) in [4.78, 5) is 4.82. The fraction of sp³-hybridized carbons (Fsp3) is 0.562. The molecule has 2 saturated heterocycles. The molecule has 2 aliphatic rings. The molecule has 2 aromatic rings. The van der Waals surface area contributed by atoms with Crippen molar-refractivity contribution < 1.29 is 0 Å². The van der Waals surface area contributed by atoms with Gasteiger partial charge in [0.2, 0.25) is 0 Å². The first-order valence-electron chi connectivity index (χ1n) is 7.57. The smallest absolute Gasteiger partial charge is 0.109 e. The fourth-order valence-electron chi connectivity index (χ4n) is 3.99. The number of para-hydroxylation sites is 2. The molecule has 2 bridgehead atoms. The average Bonchev–Trinajstić information content (AvgIpc) is 2.98. The van der Waals surface area contributed by atoms with Gasteiger partial charge in [-0.05, 0) is 37.8 Å². The first-order valence-corrected chi connectivity index (χ1v) is 7.57. The molecule has 3 heteroatoms. The summed E-state index contributed by atoms with van der Waals surface area (Å²) >= 11 is 0. The molecule has 2 aliphatic heterocycles. The molecule has 19 heavy (non-hydrogen) atoms. The summed E-state index contributed by atoms with van der Waals surface area (Å²) in [6.45, 7) is 2.22. The van der Waals surface area contributed by atoms with E-state index in [1.54, 1.807) is 0 Å². The summed E-state index contributed by atoms with van der Waals surface area (Å²) < 4.78 is 2.53. The van der Waals surface area contributed by atoms with E-state index in [4.69, 9.17) is 4.98 Å². The second-order valence-electron chi connectivity index (χ2n) is 6.00. The first kappa shape index (κ1) is 11.5. The van der Waals surface area contributed by atoms with Gasteiger partial charge in [0, 0.05) is 24.5 Å². The maximum Gasteiger partial charge on any atom is 0.109 e. The number of imidazole rings is 1. The van der Waals surface area contributed by atoms with E-state index < -0.39 is 0 Å². The molecular formula is C16H21N3. The summed E-state index contributed by atoms with van der Waals surface area (Å²) in [6, 6.07) is 10.7. The summed E-state index contributed by atoms with van der Waals surface area (Å²) in [5, 5.41) is 3.73. The molecule has 1 aromatic heterocycles. The van der Waals surface area contributed by atoms with Gasteiger partial charge in [-0.3, -0.25) is 0 Å². The van der Waals surface area contributed by atoms with Crippen LogP contribution in [0.2, 0.25) is 0 Å². The third-order valence-corrected chi connectivity index (χ3v) is 4.80. The van der Waals surface area contributed by atoms with E-state index in [1.165, 1.54) is 37.0 Å². The molecule has 1 aromatic carbocycles. The lowest BCUT2D eigenvalue weighted by molar-refractivity contribution is 0.299. The van der Waals surface area contributed by atoms with E-state index in [-0.39, 0.29) is 0 Å². The van der Waals surface area contributed by atoms with Crippen molar-refractivity contribution in [1.82, 2.24) is 14.9 Å². The second-order valence-corrected chi connectivity index (χ2v) is 6.00. The van der Waals surface area contributed by atoms with Gasteiger partial charge in [-0.1, -0.05) is 19.1 Å². The monoisotopic (exact) mass is 255 g/mol. The van der Waals surface area contributed by atoms with E-state index >= 15 is 0 Å².